The van der Waals surface area contributed by atoms with Crippen LogP contribution in [-0.2, 0) is 4.79 Å². The minimum Gasteiger partial charge on any atom is -0.298 e. The zero-order valence-electron chi connectivity index (χ0n) is 10.6. The number of carbonyl (C=O) groups is 1. The largest absolute Gasteiger partial charge is 0.298 e. The molecule has 2 aliphatic rings. The minimum atomic E-state index is 0.333. The standard InChI is InChI=1S/C15H22O/c1-11(2)13-7-9-15(3)8-6-12(10-16)4-5-14(13)15/h5-6,10-11,13H,4,7-9H2,1-3H3. The van der Waals surface area contributed by atoms with Gasteiger partial charge in [-0.3, -0.25) is 4.79 Å². The second-order valence-electron chi connectivity index (χ2n) is 5.91. The second kappa shape index (κ2) is 4.20. The maximum absolute atomic E-state index is 10.9. The maximum atomic E-state index is 10.9. The van der Waals surface area contributed by atoms with E-state index in [4.69, 9.17) is 0 Å². The van der Waals surface area contributed by atoms with Crippen LogP contribution in [0.4, 0.5) is 0 Å². The van der Waals surface area contributed by atoms with Gasteiger partial charge in [-0.25, -0.2) is 0 Å². The molecule has 0 spiro atoms. The monoisotopic (exact) mass is 218 g/mol. The predicted octanol–water partition coefficient (Wildman–Crippen LogP) is 3.90. The lowest BCUT2D eigenvalue weighted by Crippen LogP contribution is -2.16. The van der Waals surface area contributed by atoms with Crippen molar-refractivity contribution >= 4 is 6.29 Å². The molecule has 0 aromatic heterocycles. The fourth-order valence-electron chi connectivity index (χ4n) is 3.30. The summed E-state index contributed by atoms with van der Waals surface area (Å²) in [4.78, 5) is 10.9. The Labute approximate surface area is 98.6 Å². The lowest BCUT2D eigenvalue weighted by molar-refractivity contribution is -0.105. The van der Waals surface area contributed by atoms with E-state index >= 15 is 0 Å². The first-order valence-corrected chi connectivity index (χ1v) is 6.41. The van der Waals surface area contributed by atoms with Crippen LogP contribution in [0.3, 0.4) is 0 Å². The highest BCUT2D eigenvalue weighted by atomic mass is 16.1. The van der Waals surface area contributed by atoms with Crippen molar-refractivity contribution in [2.75, 3.05) is 0 Å². The third-order valence-electron chi connectivity index (χ3n) is 4.43. The van der Waals surface area contributed by atoms with Crippen molar-refractivity contribution in [1.29, 1.82) is 0 Å². The molecule has 88 valence electrons. The topological polar surface area (TPSA) is 17.1 Å². The van der Waals surface area contributed by atoms with Gasteiger partial charge in [-0.05, 0) is 48.5 Å². The van der Waals surface area contributed by atoms with E-state index in [2.05, 4.69) is 32.9 Å². The molecule has 0 N–H and O–H groups in total. The highest BCUT2D eigenvalue weighted by Crippen LogP contribution is 2.52. The number of carbonyl (C=O) groups excluding carboxylic acids is 1. The summed E-state index contributed by atoms with van der Waals surface area (Å²) in [6.45, 7) is 7.00. The second-order valence-corrected chi connectivity index (χ2v) is 5.91. The number of hydrogen-bond acceptors (Lipinski definition) is 1. The van der Waals surface area contributed by atoms with Gasteiger partial charge in [0.1, 0.15) is 6.29 Å². The van der Waals surface area contributed by atoms with Gasteiger partial charge in [-0.2, -0.15) is 0 Å². The third-order valence-corrected chi connectivity index (χ3v) is 4.43. The smallest absolute Gasteiger partial charge is 0.146 e. The van der Waals surface area contributed by atoms with E-state index in [9.17, 15) is 4.79 Å². The fourth-order valence-corrected chi connectivity index (χ4v) is 3.30. The van der Waals surface area contributed by atoms with Crippen LogP contribution in [0.25, 0.3) is 0 Å². The molecule has 1 nitrogen and oxygen atoms in total. The molecule has 0 aromatic carbocycles. The van der Waals surface area contributed by atoms with Crippen molar-refractivity contribution in [3.8, 4) is 0 Å². The SMILES string of the molecule is CC(C)C1CCC2(C)CC=C(C=O)CC=C12. The average molecular weight is 218 g/mol. The van der Waals surface area contributed by atoms with E-state index in [1.807, 2.05) is 0 Å². The van der Waals surface area contributed by atoms with Gasteiger partial charge in [0.2, 0.25) is 0 Å². The molecule has 0 saturated heterocycles. The van der Waals surface area contributed by atoms with Crippen molar-refractivity contribution < 1.29 is 4.79 Å². The van der Waals surface area contributed by atoms with Gasteiger partial charge in [-0.15, -0.1) is 0 Å². The number of allylic oxidation sites excluding steroid dienone is 4. The molecule has 2 aliphatic carbocycles. The third kappa shape index (κ3) is 1.88. The molecule has 0 radical (unpaired) electrons. The van der Waals surface area contributed by atoms with E-state index < -0.39 is 0 Å². The van der Waals surface area contributed by atoms with Gasteiger partial charge < -0.3 is 0 Å². The van der Waals surface area contributed by atoms with Gasteiger partial charge in [0, 0.05) is 0 Å². The number of rotatable bonds is 2. The van der Waals surface area contributed by atoms with E-state index in [1.165, 1.54) is 12.8 Å². The zero-order valence-corrected chi connectivity index (χ0v) is 10.6. The first-order valence-electron chi connectivity index (χ1n) is 6.41. The van der Waals surface area contributed by atoms with Gasteiger partial charge in [-0.1, -0.05) is 38.5 Å². The zero-order chi connectivity index (χ0) is 11.8. The van der Waals surface area contributed by atoms with Crippen LogP contribution in [0.15, 0.2) is 23.3 Å². The van der Waals surface area contributed by atoms with Gasteiger partial charge in [0.05, 0.1) is 0 Å². The van der Waals surface area contributed by atoms with E-state index in [-0.39, 0.29) is 0 Å². The van der Waals surface area contributed by atoms with Gasteiger partial charge in [0.15, 0.2) is 0 Å². The van der Waals surface area contributed by atoms with Crippen LogP contribution in [0.1, 0.15) is 46.5 Å². The molecule has 0 aromatic rings. The number of aldehydes is 1. The molecular weight excluding hydrogens is 196 g/mol. The Morgan fingerprint density at radius 3 is 2.81 bits per heavy atom. The van der Waals surface area contributed by atoms with E-state index in [0.29, 0.717) is 5.41 Å². The first kappa shape index (κ1) is 11.6. The Balaban J connectivity index is 2.30. The maximum Gasteiger partial charge on any atom is 0.146 e. The molecule has 0 aliphatic heterocycles. The Morgan fingerprint density at radius 1 is 1.44 bits per heavy atom. The molecule has 2 unspecified atom stereocenters. The molecule has 1 fully saturated rings. The van der Waals surface area contributed by atoms with Crippen molar-refractivity contribution in [3.05, 3.63) is 23.3 Å². The average Bonchev–Trinajstić information content (AvgIpc) is 2.48. The summed E-state index contributed by atoms with van der Waals surface area (Å²) in [5, 5.41) is 0. The Bertz CT molecular complexity index is 348. The van der Waals surface area contributed by atoms with Crippen molar-refractivity contribution in [1.82, 2.24) is 0 Å². The molecule has 1 heteroatoms. The summed E-state index contributed by atoms with van der Waals surface area (Å²) in [5.41, 5.74) is 2.92. The fraction of sp³-hybridized carbons (Fsp3) is 0.667. The van der Waals surface area contributed by atoms with Crippen LogP contribution in [0, 0.1) is 17.3 Å². The van der Waals surface area contributed by atoms with Crippen LogP contribution in [0.5, 0.6) is 0 Å². The summed E-state index contributed by atoms with van der Waals surface area (Å²) in [6, 6.07) is 0. The van der Waals surface area contributed by atoms with Crippen LogP contribution >= 0.6 is 0 Å². The molecule has 0 heterocycles. The summed E-state index contributed by atoms with van der Waals surface area (Å²) in [7, 11) is 0. The first-order chi connectivity index (χ1) is 7.57. The Morgan fingerprint density at radius 2 is 2.19 bits per heavy atom. The van der Waals surface area contributed by atoms with Crippen molar-refractivity contribution in [2.24, 2.45) is 17.3 Å². The molecule has 1 saturated carbocycles. The van der Waals surface area contributed by atoms with Crippen molar-refractivity contribution in [2.45, 2.75) is 46.5 Å². The molecule has 0 bridgehead atoms. The highest BCUT2D eigenvalue weighted by Gasteiger charge is 2.40. The quantitative estimate of drug-likeness (QED) is 0.507. The van der Waals surface area contributed by atoms with Gasteiger partial charge in [0.25, 0.3) is 0 Å². The van der Waals surface area contributed by atoms with Crippen LogP contribution in [-0.4, -0.2) is 6.29 Å². The molecule has 2 atom stereocenters. The Kier molecular flexibility index (Phi) is 3.05. The molecule has 2 rings (SSSR count). The van der Waals surface area contributed by atoms with Crippen LogP contribution in [0.2, 0.25) is 0 Å². The molecule has 16 heavy (non-hydrogen) atoms. The summed E-state index contributed by atoms with van der Waals surface area (Å²) < 4.78 is 0. The Hall–Kier alpha value is -0.850. The number of fused-ring (bicyclic) bond motifs is 1. The van der Waals surface area contributed by atoms with Crippen molar-refractivity contribution in [3.63, 3.8) is 0 Å². The summed E-state index contributed by atoms with van der Waals surface area (Å²) >= 11 is 0. The summed E-state index contributed by atoms with van der Waals surface area (Å²) in [5.74, 6) is 1.47. The lowest BCUT2D eigenvalue weighted by Gasteiger charge is -2.27. The minimum absolute atomic E-state index is 0.333. The predicted molar refractivity (Wildman–Crippen MR) is 67.1 cm³/mol. The van der Waals surface area contributed by atoms with Crippen LogP contribution < -0.4 is 0 Å². The molecular formula is C15H22O. The number of hydrogen-bond donors (Lipinski definition) is 0. The van der Waals surface area contributed by atoms with Gasteiger partial charge >= 0.3 is 0 Å². The molecule has 0 amide bonds. The summed E-state index contributed by atoms with van der Waals surface area (Å²) in [6.07, 6.45) is 10.0. The highest BCUT2D eigenvalue weighted by molar-refractivity contribution is 5.74. The van der Waals surface area contributed by atoms with E-state index in [1.54, 1.807) is 5.57 Å². The lowest BCUT2D eigenvalue weighted by atomic mass is 9.78. The van der Waals surface area contributed by atoms with E-state index in [0.717, 1.165) is 36.5 Å². The normalized spacial score (nSPS) is 34.1.